The van der Waals surface area contributed by atoms with Gasteiger partial charge in [-0.05, 0) is 47.8 Å². The summed E-state index contributed by atoms with van der Waals surface area (Å²) in [7, 11) is 0. The molecule has 2 heterocycles. The number of carbonyl (C=O) groups excluding carboxylic acids is 1. The van der Waals surface area contributed by atoms with Gasteiger partial charge in [-0.15, -0.1) is 11.3 Å². The predicted molar refractivity (Wildman–Crippen MR) is 115 cm³/mol. The van der Waals surface area contributed by atoms with Crippen LogP contribution in [0.1, 0.15) is 15.2 Å². The number of hydrogen-bond acceptors (Lipinski definition) is 3. The maximum Gasteiger partial charge on any atom is 0.251 e. The first-order valence-corrected chi connectivity index (χ1v) is 10.2. The molecule has 1 amide bonds. The summed E-state index contributed by atoms with van der Waals surface area (Å²) in [5.74, 6) is -0.101. The van der Waals surface area contributed by atoms with Gasteiger partial charge in [0.1, 0.15) is 0 Å². The van der Waals surface area contributed by atoms with Crippen LogP contribution in [0.15, 0.2) is 66.0 Å². The molecule has 140 valence electrons. The maximum absolute atomic E-state index is 12.3. The number of carbonyl (C=O) groups is 1. The van der Waals surface area contributed by atoms with Crippen LogP contribution in [0, 0.1) is 0 Å². The number of thiophene rings is 1. The van der Waals surface area contributed by atoms with Crippen LogP contribution < -0.4 is 5.32 Å². The zero-order chi connectivity index (χ0) is 19.5. The Kier molecular flexibility index (Phi) is 5.48. The second-order valence-electron chi connectivity index (χ2n) is 6.13. The van der Waals surface area contributed by atoms with Crippen LogP contribution in [-0.4, -0.2) is 16.1 Å². The quantitative estimate of drug-likeness (QED) is 0.407. The predicted octanol–water partition coefficient (Wildman–Crippen LogP) is 6.04. The van der Waals surface area contributed by atoms with Gasteiger partial charge in [0.2, 0.25) is 0 Å². The Bertz CT molecular complexity index is 1110. The van der Waals surface area contributed by atoms with Gasteiger partial charge in [-0.3, -0.25) is 9.89 Å². The van der Waals surface area contributed by atoms with Crippen molar-refractivity contribution >= 4 is 40.4 Å². The van der Waals surface area contributed by atoms with E-state index in [0.717, 1.165) is 27.4 Å². The van der Waals surface area contributed by atoms with E-state index >= 15 is 0 Å². The monoisotopic (exact) mass is 427 g/mol. The molecular weight excluding hydrogens is 413 g/mol. The first-order chi connectivity index (χ1) is 13.6. The number of benzene rings is 2. The van der Waals surface area contributed by atoms with Gasteiger partial charge in [0, 0.05) is 26.6 Å². The van der Waals surface area contributed by atoms with E-state index in [1.165, 1.54) is 0 Å². The number of H-pyrrole nitrogens is 1. The number of nitrogens with zero attached hydrogens (tertiary/aromatic N) is 1. The average Bonchev–Trinajstić information content (AvgIpc) is 3.38. The highest BCUT2D eigenvalue weighted by atomic mass is 35.5. The normalized spacial score (nSPS) is 10.8. The number of rotatable bonds is 5. The summed E-state index contributed by atoms with van der Waals surface area (Å²) in [5, 5.41) is 13.4. The van der Waals surface area contributed by atoms with Crippen LogP contribution in [0.2, 0.25) is 10.0 Å². The van der Waals surface area contributed by atoms with Gasteiger partial charge in [0.25, 0.3) is 5.91 Å². The molecule has 0 bridgehead atoms. The van der Waals surface area contributed by atoms with E-state index in [9.17, 15) is 4.79 Å². The van der Waals surface area contributed by atoms with E-state index < -0.39 is 0 Å². The van der Waals surface area contributed by atoms with Crippen molar-refractivity contribution in [2.45, 2.75) is 6.54 Å². The van der Waals surface area contributed by atoms with Crippen LogP contribution >= 0.6 is 34.5 Å². The van der Waals surface area contributed by atoms with E-state index in [1.54, 1.807) is 35.6 Å². The Hall–Kier alpha value is -2.60. The minimum Gasteiger partial charge on any atom is -0.347 e. The highest BCUT2D eigenvalue weighted by Gasteiger charge is 2.11. The summed E-state index contributed by atoms with van der Waals surface area (Å²) in [6, 6.07) is 18.6. The van der Waals surface area contributed by atoms with Crippen molar-refractivity contribution in [3.63, 3.8) is 0 Å². The van der Waals surface area contributed by atoms with Crippen LogP contribution in [0.3, 0.4) is 0 Å². The molecule has 0 aliphatic rings. The fraction of sp³-hybridized carbons (Fsp3) is 0.0476. The van der Waals surface area contributed by atoms with Crippen LogP contribution in [0.4, 0.5) is 0 Å². The fourth-order valence-corrected chi connectivity index (χ4v) is 3.95. The van der Waals surface area contributed by atoms with Crippen LogP contribution in [-0.2, 0) is 6.54 Å². The molecule has 0 unspecified atom stereocenters. The van der Waals surface area contributed by atoms with Gasteiger partial charge in [-0.1, -0.05) is 41.4 Å². The Labute approximate surface area is 176 Å². The zero-order valence-electron chi connectivity index (χ0n) is 14.6. The topological polar surface area (TPSA) is 57.8 Å². The molecule has 0 atom stereocenters. The van der Waals surface area contributed by atoms with Gasteiger partial charge >= 0.3 is 0 Å². The molecule has 0 spiro atoms. The lowest BCUT2D eigenvalue weighted by molar-refractivity contribution is 0.0951. The van der Waals surface area contributed by atoms with Gasteiger partial charge in [-0.25, -0.2) is 0 Å². The molecule has 0 saturated carbocycles. The summed E-state index contributed by atoms with van der Waals surface area (Å²) in [6.07, 6.45) is 0. The lowest BCUT2D eigenvalue weighted by atomic mass is 10.1. The lowest BCUT2D eigenvalue weighted by Crippen LogP contribution is -2.22. The van der Waals surface area contributed by atoms with E-state index in [0.29, 0.717) is 22.2 Å². The molecule has 0 radical (unpaired) electrons. The molecule has 4 rings (SSSR count). The highest BCUT2D eigenvalue weighted by molar-refractivity contribution is 7.09. The minimum absolute atomic E-state index is 0.101. The number of aromatic nitrogens is 2. The summed E-state index contributed by atoms with van der Waals surface area (Å²) in [5.41, 5.74) is 3.91. The van der Waals surface area contributed by atoms with E-state index in [2.05, 4.69) is 15.5 Å². The van der Waals surface area contributed by atoms with Gasteiger partial charge < -0.3 is 5.32 Å². The van der Waals surface area contributed by atoms with Crippen molar-refractivity contribution in [1.82, 2.24) is 15.5 Å². The van der Waals surface area contributed by atoms with Crippen molar-refractivity contribution in [3.8, 4) is 22.5 Å². The fourth-order valence-electron chi connectivity index (χ4n) is 2.79. The van der Waals surface area contributed by atoms with Crippen molar-refractivity contribution in [2.75, 3.05) is 0 Å². The highest BCUT2D eigenvalue weighted by Crippen LogP contribution is 2.31. The molecule has 2 aromatic heterocycles. The molecule has 4 aromatic rings. The molecule has 4 nitrogen and oxygen atoms in total. The largest absolute Gasteiger partial charge is 0.347 e. The number of aromatic amines is 1. The summed E-state index contributed by atoms with van der Waals surface area (Å²) in [6.45, 7) is 0.531. The third-order valence-corrected chi connectivity index (χ3v) is 5.67. The second kappa shape index (κ2) is 8.19. The number of halogens is 2. The van der Waals surface area contributed by atoms with Crippen molar-refractivity contribution < 1.29 is 4.79 Å². The molecule has 0 aliphatic carbocycles. The Morgan fingerprint density at radius 2 is 1.89 bits per heavy atom. The molecule has 2 N–H and O–H groups in total. The number of hydrogen-bond donors (Lipinski definition) is 2. The first-order valence-electron chi connectivity index (χ1n) is 8.52. The molecule has 7 heteroatoms. The molecule has 0 fully saturated rings. The zero-order valence-corrected chi connectivity index (χ0v) is 16.9. The Morgan fingerprint density at radius 1 is 1.07 bits per heavy atom. The first kappa shape index (κ1) is 18.7. The van der Waals surface area contributed by atoms with E-state index in [4.69, 9.17) is 23.2 Å². The molecule has 0 aliphatic heterocycles. The van der Waals surface area contributed by atoms with Crippen molar-refractivity contribution in [3.05, 3.63) is 86.5 Å². The summed E-state index contributed by atoms with van der Waals surface area (Å²) >= 11 is 13.8. The third kappa shape index (κ3) is 4.12. The maximum atomic E-state index is 12.3. The number of amides is 1. The lowest BCUT2D eigenvalue weighted by Gasteiger charge is -2.04. The van der Waals surface area contributed by atoms with Crippen LogP contribution in [0.5, 0.6) is 0 Å². The average molecular weight is 428 g/mol. The Morgan fingerprint density at radius 3 is 2.61 bits per heavy atom. The van der Waals surface area contributed by atoms with Gasteiger partial charge in [0.15, 0.2) is 0 Å². The third-order valence-electron chi connectivity index (χ3n) is 4.25. The van der Waals surface area contributed by atoms with Crippen molar-refractivity contribution in [2.24, 2.45) is 0 Å². The second-order valence-corrected chi connectivity index (χ2v) is 8.01. The van der Waals surface area contributed by atoms with E-state index in [1.807, 2.05) is 41.8 Å². The minimum atomic E-state index is -0.101. The Balaban J connectivity index is 1.48. The number of nitrogens with one attached hydrogen (secondary N) is 2. The molecule has 28 heavy (non-hydrogen) atoms. The molecule has 0 saturated heterocycles. The summed E-state index contributed by atoms with van der Waals surface area (Å²) < 4.78 is 0. The molecular formula is C21H15Cl2N3OS. The van der Waals surface area contributed by atoms with E-state index in [-0.39, 0.29) is 5.91 Å². The van der Waals surface area contributed by atoms with Gasteiger partial charge in [0.05, 0.1) is 23.0 Å². The SMILES string of the molecule is O=C(NCc1cccs1)c1ccc(-c2cc(-c3ccc(Cl)cc3Cl)[nH]n2)cc1. The molecule has 2 aromatic carbocycles. The standard InChI is InChI=1S/C21H15Cl2N3OS/c22-15-7-8-17(18(23)10-15)20-11-19(25-26-20)13-3-5-14(6-4-13)21(27)24-12-16-2-1-9-28-16/h1-11H,12H2,(H,24,27)(H,25,26). The van der Waals surface area contributed by atoms with Gasteiger partial charge in [-0.2, -0.15) is 5.10 Å². The van der Waals surface area contributed by atoms with Crippen LogP contribution in [0.25, 0.3) is 22.5 Å². The summed E-state index contributed by atoms with van der Waals surface area (Å²) in [4.78, 5) is 13.4. The van der Waals surface area contributed by atoms with Crippen molar-refractivity contribution in [1.29, 1.82) is 0 Å². The smallest absolute Gasteiger partial charge is 0.251 e.